The largest absolute Gasteiger partial charge is 0.481 e. The Morgan fingerprint density at radius 3 is 2.31 bits per heavy atom. The SMILES string of the molecule is CC(C)(CC(O)c1ccc(Br)cc1)C(=O)O. The summed E-state index contributed by atoms with van der Waals surface area (Å²) in [6, 6.07) is 7.22. The van der Waals surface area contributed by atoms with Crippen molar-refractivity contribution in [2.24, 2.45) is 5.41 Å². The van der Waals surface area contributed by atoms with Crippen LogP contribution < -0.4 is 0 Å². The summed E-state index contributed by atoms with van der Waals surface area (Å²) in [4.78, 5) is 10.9. The van der Waals surface area contributed by atoms with Gasteiger partial charge in [-0.3, -0.25) is 4.79 Å². The molecule has 2 N–H and O–H groups in total. The number of benzene rings is 1. The number of rotatable bonds is 4. The molecule has 1 rings (SSSR count). The maximum absolute atomic E-state index is 10.9. The first-order valence-corrected chi connectivity index (χ1v) is 5.79. The molecule has 1 atom stereocenters. The lowest BCUT2D eigenvalue weighted by Gasteiger charge is -2.22. The molecule has 0 heterocycles. The van der Waals surface area contributed by atoms with Crippen molar-refractivity contribution < 1.29 is 15.0 Å². The van der Waals surface area contributed by atoms with E-state index in [2.05, 4.69) is 15.9 Å². The van der Waals surface area contributed by atoms with E-state index in [9.17, 15) is 9.90 Å². The molecule has 0 amide bonds. The minimum atomic E-state index is -0.924. The monoisotopic (exact) mass is 286 g/mol. The number of aliphatic carboxylic acids is 1. The van der Waals surface area contributed by atoms with Crippen LogP contribution in [0.15, 0.2) is 28.7 Å². The Kier molecular flexibility index (Phi) is 4.10. The van der Waals surface area contributed by atoms with Crippen LogP contribution in [0.4, 0.5) is 0 Å². The zero-order valence-electron chi connectivity index (χ0n) is 9.27. The molecule has 4 heteroatoms. The van der Waals surface area contributed by atoms with E-state index in [1.165, 1.54) is 0 Å². The number of carboxylic acids is 1. The molecule has 0 aliphatic carbocycles. The zero-order valence-corrected chi connectivity index (χ0v) is 10.9. The van der Waals surface area contributed by atoms with E-state index in [1.807, 2.05) is 12.1 Å². The first-order valence-electron chi connectivity index (χ1n) is 5.00. The molecular formula is C12H15BrO3. The molecule has 3 nitrogen and oxygen atoms in total. The van der Waals surface area contributed by atoms with Gasteiger partial charge in [0, 0.05) is 4.47 Å². The highest BCUT2D eigenvalue weighted by Crippen LogP contribution is 2.30. The molecular weight excluding hydrogens is 272 g/mol. The van der Waals surface area contributed by atoms with Gasteiger partial charge in [-0.15, -0.1) is 0 Å². The molecule has 0 bridgehead atoms. The van der Waals surface area contributed by atoms with Crippen LogP contribution in [0.25, 0.3) is 0 Å². The van der Waals surface area contributed by atoms with Crippen molar-refractivity contribution in [3.63, 3.8) is 0 Å². The van der Waals surface area contributed by atoms with Crippen LogP contribution in [0.2, 0.25) is 0 Å². The first-order chi connectivity index (χ1) is 7.33. The first kappa shape index (κ1) is 13.2. The number of carbonyl (C=O) groups is 1. The second-order valence-corrected chi connectivity index (χ2v) is 5.38. The fourth-order valence-corrected chi connectivity index (χ4v) is 1.64. The molecule has 0 aliphatic rings. The van der Waals surface area contributed by atoms with Gasteiger partial charge in [0.1, 0.15) is 0 Å². The summed E-state index contributed by atoms with van der Waals surface area (Å²) in [5.74, 6) is -0.899. The second-order valence-electron chi connectivity index (χ2n) is 4.46. The van der Waals surface area contributed by atoms with Gasteiger partial charge in [-0.2, -0.15) is 0 Å². The fraction of sp³-hybridized carbons (Fsp3) is 0.417. The number of aliphatic hydroxyl groups excluding tert-OH is 1. The van der Waals surface area contributed by atoms with E-state index in [4.69, 9.17) is 5.11 Å². The van der Waals surface area contributed by atoms with Gasteiger partial charge in [-0.05, 0) is 38.0 Å². The maximum Gasteiger partial charge on any atom is 0.309 e. The van der Waals surface area contributed by atoms with E-state index >= 15 is 0 Å². The average Bonchev–Trinajstić information content (AvgIpc) is 2.17. The lowest BCUT2D eigenvalue weighted by Crippen LogP contribution is -2.26. The summed E-state index contributed by atoms with van der Waals surface area (Å²) < 4.78 is 0.931. The molecule has 0 radical (unpaired) electrons. The van der Waals surface area contributed by atoms with Crippen LogP contribution in [-0.2, 0) is 4.79 Å². The number of hydrogen-bond acceptors (Lipinski definition) is 2. The van der Waals surface area contributed by atoms with E-state index in [1.54, 1.807) is 26.0 Å². The zero-order chi connectivity index (χ0) is 12.3. The molecule has 16 heavy (non-hydrogen) atoms. The third-order valence-electron chi connectivity index (χ3n) is 2.54. The van der Waals surface area contributed by atoms with Gasteiger partial charge in [-0.25, -0.2) is 0 Å². The molecule has 88 valence electrons. The fourth-order valence-electron chi connectivity index (χ4n) is 1.37. The van der Waals surface area contributed by atoms with Gasteiger partial charge >= 0.3 is 5.97 Å². The van der Waals surface area contributed by atoms with Crippen molar-refractivity contribution in [3.05, 3.63) is 34.3 Å². The van der Waals surface area contributed by atoms with Crippen molar-refractivity contribution >= 4 is 21.9 Å². The summed E-state index contributed by atoms with van der Waals surface area (Å²) in [7, 11) is 0. The van der Waals surface area contributed by atoms with Crippen molar-refractivity contribution in [2.75, 3.05) is 0 Å². The predicted octanol–water partition coefficient (Wildman–Crippen LogP) is 2.98. The smallest absolute Gasteiger partial charge is 0.309 e. The van der Waals surface area contributed by atoms with Crippen molar-refractivity contribution in [3.8, 4) is 0 Å². The molecule has 1 aromatic carbocycles. The molecule has 0 saturated carbocycles. The Bertz CT molecular complexity index is 370. The van der Waals surface area contributed by atoms with Gasteiger partial charge in [0.2, 0.25) is 0 Å². The average molecular weight is 287 g/mol. The molecule has 1 unspecified atom stereocenters. The Morgan fingerprint density at radius 2 is 1.88 bits per heavy atom. The van der Waals surface area contributed by atoms with Crippen LogP contribution in [-0.4, -0.2) is 16.2 Å². The Balaban J connectivity index is 2.76. The van der Waals surface area contributed by atoms with E-state index in [0.717, 1.165) is 10.0 Å². The third kappa shape index (κ3) is 3.32. The van der Waals surface area contributed by atoms with E-state index in [-0.39, 0.29) is 6.42 Å². The van der Waals surface area contributed by atoms with Crippen LogP contribution in [0.1, 0.15) is 31.9 Å². The Morgan fingerprint density at radius 1 is 1.38 bits per heavy atom. The van der Waals surface area contributed by atoms with Crippen LogP contribution >= 0.6 is 15.9 Å². The van der Waals surface area contributed by atoms with Gasteiger partial charge in [-0.1, -0.05) is 28.1 Å². The van der Waals surface area contributed by atoms with Crippen molar-refractivity contribution in [1.82, 2.24) is 0 Å². The lowest BCUT2D eigenvalue weighted by molar-refractivity contribution is -0.148. The number of carboxylic acid groups (broad SMARTS) is 1. The topological polar surface area (TPSA) is 57.5 Å². The van der Waals surface area contributed by atoms with Crippen LogP contribution in [0.5, 0.6) is 0 Å². The lowest BCUT2D eigenvalue weighted by atomic mass is 9.85. The standard InChI is InChI=1S/C12H15BrO3/c1-12(2,11(15)16)7-10(14)8-3-5-9(13)6-4-8/h3-6,10,14H,7H2,1-2H3,(H,15,16). The summed E-state index contributed by atoms with van der Waals surface area (Å²) >= 11 is 3.30. The number of halogens is 1. The van der Waals surface area contributed by atoms with E-state index in [0.29, 0.717) is 0 Å². The highest BCUT2D eigenvalue weighted by atomic mass is 79.9. The van der Waals surface area contributed by atoms with Gasteiger partial charge < -0.3 is 10.2 Å². The molecule has 0 spiro atoms. The summed E-state index contributed by atoms with van der Waals surface area (Å²) in [6.45, 7) is 3.22. The third-order valence-corrected chi connectivity index (χ3v) is 3.07. The molecule has 0 saturated heterocycles. The normalized spacial score (nSPS) is 13.5. The van der Waals surface area contributed by atoms with Crippen molar-refractivity contribution in [2.45, 2.75) is 26.4 Å². The number of aliphatic hydroxyl groups is 1. The highest BCUT2D eigenvalue weighted by Gasteiger charge is 2.30. The number of hydrogen-bond donors (Lipinski definition) is 2. The molecule has 0 aliphatic heterocycles. The Labute approximate surface area is 103 Å². The summed E-state index contributed by atoms with van der Waals surface area (Å²) in [5.41, 5.74) is -0.190. The van der Waals surface area contributed by atoms with Crippen LogP contribution in [0.3, 0.4) is 0 Å². The minimum Gasteiger partial charge on any atom is -0.481 e. The predicted molar refractivity (Wildman–Crippen MR) is 65.1 cm³/mol. The van der Waals surface area contributed by atoms with Gasteiger partial charge in [0.05, 0.1) is 11.5 Å². The molecule has 1 aromatic rings. The molecule has 0 aromatic heterocycles. The van der Waals surface area contributed by atoms with Crippen LogP contribution in [0, 0.1) is 5.41 Å². The highest BCUT2D eigenvalue weighted by molar-refractivity contribution is 9.10. The quantitative estimate of drug-likeness (QED) is 0.895. The Hall–Kier alpha value is -0.870. The maximum atomic E-state index is 10.9. The van der Waals surface area contributed by atoms with Gasteiger partial charge in [0.15, 0.2) is 0 Å². The minimum absolute atomic E-state index is 0.198. The van der Waals surface area contributed by atoms with Gasteiger partial charge in [0.25, 0.3) is 0 Å². The molecule has 0 fully saturated rings. The summed E-state index contributed by atoms with van der Waals surface area (Å²) in [6.07, 6.45) is -0.552. The van der Waals surface area contributed by atoms with Crippen molar-refractivity contribution in [1.29, 1.82) is 0 Å². The second kappa shape index (κ2) is 4.97. The summed E-state index contributed by atoms with van der Waals surface area (Å²) in [5, 5.41) is 18.9. The van der Waals surface area contributed by atoms with E-state index < -0.39 is 17.5 Å².